The topological polar surface area (TPSA) is 170 Å². The fraction of sp³-hybridized carbons (Fsp3) is 0.385. The first-order valence-corrected chi connectivity index (χ1v) is 12.1. The van der Waals surface area contributed by atoms with E-state index in [1.54, 1.807) is 18.2 Å². The molecule has 0 atom stereocenters. The Morgan fingerprint density at radius 2 is 1.86 bits per heavy atom. The molecule has 10 nitrogen and oxygen atoms in total. The quantitative estimate of drug-likeness (QED) is 0.234. The van der Waals surface area contributed by atoms with E-state index in [1.807, 2.05) is 6.07 Å². The van der Waals surface area contributed by atoms with Crippen LogP contribution in [0, 0.1) is 0 Å². The number of nitrogens with zero attached hydrogens (tertiary/aromatic N) is 1. The number of benzene rings is 1. The molecule has 3 heterocycles. The number of aromatic amines is 1. The lowest BCUT2D eigenvalue weighted by molar-refractivity contribution is -0.137. The lowest BCUT2D eigenvalue weighted by Crippen LogP contribution is -2.25. The minimum atomic E-state index is -0.826. The van der Waals surface area contributed by atoms with Crippen molar-refractivity contribution in [3.63, 3.8) is 0 Å². The van der Waals surface area contributed by atoms with Crippen LogP contribution in [-0.4, -0.2) is 51.1 Å². The Kier molecular flexibility index (Phi) is 9.82. The SMILES string of the molecule is NC(=O)c1[nH]c2ccccc2c1O.O=C(O)CCCNC(=O)CCCCc1ccc2c(n1)CCNC2. The van der Waals surface area contributed by atoms with Crippen molar-refractivity contribution in [2.45, 2.75) is 51.5 Å². The van der Waals surface area contributed by atoms with Gasteiger partial charge in [-0.2, -0.15) is 0 Å². The van der Waals surface area contributed by atoms with Gasteiger partial charge in [-0.3, -0.25) is 19.4 Å². The van der Waals surface area contributed by atoms with Crippen LogP contribution in [0.5, 0.6) is 5.75 Å². The third-order valence-corrected chi connectivity index (χ3v) is 5.88. The van der Waals surface area contributed by atoms with Crippen LogP contribution < -0.4 is 16.4 Å². The summed E-state index contributed by atoms with van der Waals surface area (Å²) in [6, 6.07) is 11.3. The highest BCUT2D eigenvalue weighted by molar-refractivity contribution is 6.02. The Labute approximate surface area is 209 Å². The van der Waals surface area contributed by atoms with Crippen molar-refractivity contribution < 1.29 is 24.6 Å². The summed E-state index contributed by atoms with van der Waals surface area (Å²) in [5, 5.41) is 24.7. The van der Waals surface area contributed by atoms with Gasteiger partial charge in [-0.05, 0) is 49.4 Å². The molecule has 0 saturated carbocycles. The number of rotatable bonds is 10. The Morgan fingerprint density at radius 1 is 1.06 bits per heavy atom. The number of para-hydroxylation sites is 1. The maximum Gasteiger partial charge on any atom is 0.303 e. The second-order valence-electron chi connectivity index (χ2n) is 8.65. The van der Waals surface area contributed by atoms with E-state index in [0.29, 0.717) is 30.3 Å². The number of aryl methyl sites for hydroxylation is 1. The van der Waals surface area contributed by atoms with Crippen molar-refractivity contribution in [1.29, 1.82) is 0 Å². The number of fused-ring (bicyclic) bond motifs is 2. The van der Waals surface area contributed by atoms with Gasteiger partial charge >= 0.3 is 5.97 Å². The number of aromatic nitrogens is 2. The zero-order chi connectivity index (χ0) is 25.9. The van der Waals surface area contributed by atoms with Gasteiger partial charge in [0, 0.05) is 61.2 Å². The molecule has 0 unspecified atom stereocenters. The highest BCUT2D eigenvalue weighted by Crippen LogP contribution is 2.27. The van der Waals surface area contributed by atoms with E-state index in [9.17, 15) is 19.5 Å². The first-order valence-electron chi connectivity index (χ1n) is 12.1. The number of H-pyrrole nitrogens is 1. The van der Waals surface area contributed by atoms with E-state index >= 15 is 0 Å². The van der Waals surface area contributed by atoms with Gasteiger partial charge in [0.1, 0.15) is 5.69 Å². The molecule has 1 aromatic carbocycles. The molecular weight excluding hydrogens is 462 g/mol. The summed E-state index contributed by atoms with van der Waals surface area (Å²) in [6.07, 6.45) is 4.71. The molecule has 1 aliphatic heterocycles. The summed E-state index contributed by atoms with van der Waals surface area (Å²) >= 11 is 0. The van der Waals surface area contributed by atoms with E-state index < -0.39 is 11.9 Å². The number of carbonyl (C=O) groups is 3. The lowest BCUT2D eigenvalue weighted by Gasteiger charge is -2.16. The van der Waals surface area contributed by atoms with Gasteiger partial charge in [0.05, 0.1) is 0 Å². The van der Waals surface area contributed by atoms with Gasteiger partial charge in [-0.25, -0.2) is 0 Å². The van der Waals surface area contributed by atoms with Crippen LogP contribution in [0.3, 0.4) is 0 Å². The number of pyridine rings is 1. The van der Waals surface area contributed by atoms with Gasteiger partial charge in [0.25, 0.3) is 5.91 Å². The van der Waals surface area contributed by atoms with Crippen molar-refractivity contribution >= 4 is 28.7 Å². The molecule has 192 valence electrons. The maximum absolute atomic E-state index is 11.6. The van der Waals surface area contributed by atoms with Crippen molar-refractivity contribution in [2.24, 2.45) is 5.73 Å². The molecule has 0 fully saturated rings. The van der Waals surface area contributed by atoms with Crippen LogP contribution in [-0.2, 0) is 29.0 Å². The van der Waals surface area contributed by atoms with E-state index in [4.69, 9.17) is 15.8 Å². The number of nitrogens with one attached hydrogen (secondary N) is 3. The molecule has 0 bridgehead atoms. The number of primary amides is 1. The third kappa shape index (κ3) is 7.81. The number of nitrogens with two attached hydrogens (primary N) is 1. The van der Waals surface area contributed by atoms with E-state index in [-0.39, 0.29) is 23.8 Å². The Bertz CT molecular complexity index is 1210. The third-order valence-electron chi connectivity index (χ3n) is 5.88. The Morgan fingerprint density at radius 3 is 2.61 bits per heavy atom. The first kappa shape index (κ1) is 26.7. The Hall–Kier alpha value is -3.92. The monoisotopic (exact) mass is 495 g/mol. The van der Waals surface area contributed by atoms with Crippen LogP contribution in [0.25, 0.3) is 10.9 Å². The minimum Gasteiger partial charge on any atom is -0.505 e. The maximum atomic E-state index is 11.6. The van der Waals surface area contributed by atoms with Crippen LogP contribution >= 0.6 is 0 Å². The van der Waals surface area contributed by atoms with Crippen LogP contribution in [0.4, 0.5) is 0 Å². The van der Waals surface area contributed by atoms with Gasteiger partial charge in [-0.15, -0.1) is 0 Å². The molecule has 36 heavy (non-hydrogen) atoms. The number of carboxylic acids is 1. The predicted molar refractivity (Wildman–Crippen MR) is 136 cm³/mol. The van der Waals surface area contributed by atoms with Crippen molar-refractivity contribution in [3.8, 4) is 5.75 Å². The molecule has 0 radical (unpaired) electrons. The zero-order valence-corrected chi connectivity index (χ0v) is 20.2. The van der Waals surface area contributed by atoms with E-state index in [0.717, 1.165) is 44.5 Å². The second kappa shape index (κ2) is 13.2. The normalized spacial score (nSPS) is 12.3. The van der Waals surface area contributed by atoms with Crippen LogP contribution in [0.2, 0.25) is 0 Å². The number of aliphatic carboxylic acids is 1. The summed E-state index contributed by atoms with van der Waals surface area (Å²) in [4.78, 5) is 40.2. The number of carboxylic acid groups (broad SMARTS) is 1. The van der Waals surface area contributed by atoms with Gasteiger partial charge in [0.15, 0.2) is 5.75 Å². The molecule has 2 amide bonds. The van der Waals surface area contributed by atoms with Crippen LogP contribution in [0.1, 0.15) is 59.5 Å². The molecule has 1 aliphatic rings. The molecule has 4 rings (SSSR count). The number of hydrogen-bond acceptors (Lipinski definition) is 6. The fourth-order valence-corrected chi connectivity index (χ4v) is 3.97. The minimum absolute atomic E-state index is 0.000127. The summed E-state index contributed by atoms with van der Waals surface area (Å²) in [6.45, 7) is 2.34. The molecule has 0 saturated heterocycles. The van der Waals surface area contributed by atoms with Crippen molar-refractivity contribution in [3.05, 3.63) is 59.0 Å². The predicted octanol–water partition coefficient (Wildman–Crippen LogP) is 2.39. The lowest BCUT2D eigenvalue weighted by atomic mass is 10.0. The molecule has 10 heteroatoms. The average molecular weight is 496 g/mol. The van der Waals surface area contributed by atoms with Gasteiger partial charge in [0.2, 0.25) is 5.91 Å². The molecule has 2 aromatic heterocycles. The first-order chi connectivity index (χ1) is 17.3. The molecule has 3 aromatic rings. The van der Waals surface area contributed by atoms with E-state index in [2.05, 4.69) is 27.8 Å². The number of amides is 2. The highest BCUT2D eigenvalue weighted by Gasteiger charge is 2.13. The molecule has 0 spiro atoms. The average Bonchev–Trinajstić information content (AvgIpc) is 3.21. The fourth-order valence-electron chi connectivity index (χ4n) is 3.97. The second-order valence-corrected chi connectivity index (χ2v) is 8.65. The summed E-state index contributed by atoms with van der Waals surface area (Å²) in [5.74, 6) is -1.57. The Balaban J connectivity index is 0.000000233. The number of unbranched alkanes of at least 4 members (excludes halogenated alkanes) is 1. The largest absolute Gasteiger partial charge is 0.505 e. The van der Waals surface area contributed by atoms with Gasteiger partial charge < -0.3 is 31.6 Å². The summed E-state index contributed by atoms with van der Waals surface area (Å²) < 4.78 is 0. The number of hydrogen-bond donors (Lipinski definition) is 6. The van der Waals surface area contributed by atoms with Gasteiger partial charge in [-0.1, -0.05) is 18.2 Å². The van der Waals surface area contributed by atoms with Crippen molar-refractivity contribution in [1.82, 2.24) is 20.6 Å². The number of carbonyl (C=O) groups excluding carboxylic acids is 2. The molecule has 7 N–H and O–H groups in total. The standard InChI is InChI=1S/C17H25N3O3.C9H8N2O2/c21-16(19-10-3-6-17(22)23)5-2-1-4-14-8-7-13-12-18-11-9-15(13)20-14;10-9(13)7-8(12)5-3-1-2-4-6(5)11-7/h7-8,18H,1-6,9-12H2,(H,19,21)(H,22,23);1-4,11-12H,(H2,10,13). The molecule has 0 aliphatic carbocycles. The van der Waals surface area contributed by atoms with Crippen LogP contribution in [0.15, 0.2) is 36.4 Å². The van der Waals surface area contributed by atoms with Crippen molar-refractivity contribution in [2.75, 3.05) is 13.1 Å². The molecular formula is C26H33N5O5. The highest BCUT2D eigenvalue weighted by atomic mass is 16.4. The summed E-state index contributed by atoms with van der Waals surface area (Å²) in [7, 11) is 0. The zero-order valence-electron chi connectivity index (χ0n) is 20.2. The smallest absolute Gasteiger partial charge is 0.303 e. The number of aromatic hydroxyl groups is 1. The van der Waals surface area contributed by atoms with E-state index in [1.165, 1.54) is 11.3 Å². The summed E-state index contributed by atoms with van der Waals surface area (Å²) in [5.41, 5.74) is 9.41.